The van der Waals surface area contributed by atoms with Crippen LogP contribution in [-0.4, -0.2) is 10.2 Å². The van der Waals surface area contributed by atoms with E-state index in [0.717, 1.165) is 33.3 Å². The van der Waals surface area contributed by atoms with Gasteiger partial charge in [-0.2, -0.15) is 0 Å². The summed E-state index contributed by atoms with van der Waals surface area (Å²) in [7, 11) is 0. The maximum absolute atomic E-state index is 4.61. The van der Waals surface area contributed by atoms with E-state index in [1.165, 1.54) is 11.1 Å². The predicted octanol–water partition coefficient (Wildman–Crippen LogP) is 6.63. The molecule has 0 aliphatic carbocycles. The second kappa shape index (κ2) is 7.09. The van der Waals surface area contributed by atoms with E-state index in [1.807, 2.05) is 24.3 Å². The molecule has 0 atom stereocenters. The monoisotopic (exact) mass is 358 g/mol. The molecule has 28 heavy (non-hydrogen) atoms. The topological polar surface area (TPSA) is 25.8 Å². The molecule has 0 aliphatic heterocycles. The molecule has 0 amide bonds. The Labute approximate surface area is 164 Å². The van der Waals surface area contributed by atoms with Crippen LogP contribution in [0.4, 0.5) is 0 Å². The number of benzene rings is 4. The Hall–Kier alpha value is -3.78. The molecule has 0 bridgehead atoms. The van der Waals surface area contributed by atoms with Crippen LogP contribution in [0.3, 0.4) is 0 Å². The SMILES string of the molecule is c1ccc(-c2ccc(-c3nnc(-c4ccccc4)c4ccccc34)cc2)cc1. The van der Waals surface area contributed by atoms with Gasteiger partial charge in [0, 0.05) is 21.9 Å². The van der Waals surface area contributed by atoms with Gasteiger partial charge in [-0.15, -0.1) is 10.2 Å². The molecule has 5 aromatic rings. The first kappa shape index (κ1) is 16.4. The van der Waals surface area contributed by atoms with Gasteiger partial charge in [-0.1, -0.05) is 109 Å². The Balaban J connectivity index is 1.62. The fourth-order valence-corrected chi connectivity index (χ4v) is 3.58. The van der Waals surface area contributed by atoms with Gasteiger partial charge in [0.25, 0.3) is 0 Å². The molecule has 2 nitrogen and oxygen atoms in total. The molecular formula is C26H18N2. The van der Waals surface area contributed by atoms with E-state index in [1.54, 1.807) is 0 Å². The maximum Gasteiger partial charge on any atom is 0.101 e. The van der Waals surface area contributed by atoms with Crippen LogP contribution < -0.4 is 0 Å². The van der Waals surface area contributed by atoms with E-state index in [0.29, 0.717) is 0 Å². The number of nitrogens with zero attached hydrogens (tertiary/aromatic N) is 2. The minimum absolute atomic E-state index is 0.912. The van der Waals surface area contributed by atoms with E-state index in [2.05, 4.69) is 95.1 Å². The summed E-state index contributed by atoms with van der Waals surface area (Å²) in [5.74, 6) is 0. The average Bonchev–Trinajstić information content (AvgIpc) is 2.80. The van der Waals surface area contributed by atoms with Crippen molar-refractivity contribution < 1.29 is 0 Å². The van der Waals surface area contributed by atoms with Gasteiger partial charge in [-0.3, -0.25) is 0 Å². The standard InChI is InChI=1S/C26H18N2/c1-3-9-19(10-4-1)20-15-17-22(18-16-20)26-24-14-8-7-13-23(24)25(27-28-26)21-11-5-2-6-12-21/h1-18H. The van der Waals surface area contributed by atoms with Crippen molar-refractivity contribution in [2.24, 2.45) is 0 Å². The summed E-state index contributed by atoms with van der Waals surface area (Å²) in [5.41, 5.74) is 6.39. The Morgan fingerprint density at radius 1 is 0.321 bits per heavy atom. The maximum atomic E-state index is 4.61. The Kier molecular flexibility index (Phi) is 4.15. The lowest BCUT2D eigenvalue weighted by Crippen LogP contribution is -1.94. The first-order valence-electron chi connectivity index (χ1n) is 9.37. The van der Waals surface area contributed by atoms with Gasteiger partial charge >= 0.3 is 0 Å². The lowest BCUT2D eigenvalue weighted by Gasteiger charge is -2.10. The van der Waals surface area contributed by atoms with Gasteiger partial charge in [0.2, 0.25) is 0 Å². The molecule has 0 fully saturated rings. The number of rotatable bonds is 3. The van der Waals surface area contributed by atoms with Crippen molar-refractivity contribution in [3.05, 3.63) is 109 Å². The quantitative estimate of drug-likeness (QED) is 0.362. The van der Waals surface area contributed by atoms with Crippen LogP contribution in [0, 0.1) is 0 Å². The van der Waals surface area contributed by atoms with Crippen molar-refractivity contribution in [2.75, 3.05) is 0 Å². The molecule has 0 saturated carbocycles. The Morgan fingerprint density at radius 2 is 0.679 bits per heavy atom. The van der Waals surface area contributed by atoms with Crippen molar-refractivity contribution >= 4 is 10.8 Å². The highest BCUT2D eigenvalue weighted by Crippen LogP contribution is 2.32. The first-order chi connectivity index (χ1) is 13.9. The molecule has 0 radical (unpaired) electrons. The van der Waals surface area contributed by atoms with Gasteiger partial charge in [0.05, 0.1) is 0 Å². The van der Waals surface area contributed by atoms with Crippen LogP contribution in [0.2, 0.25) is 0 Å². The zero-order chi connectivity index (χ0) is 18.8. The summed E-state index contributed by atoms with van der Waals surface area (Å²) < 4.78 is 0. The minimum atomic E-state index is 0.912. The van der Waals surface area contributed by atoms with E-state index in [-0.39, 0.29) is 0 Å². The minimum Gasteiger partial charge on any atom is -0.149 e. The van der Waals surface area contributed by atoms with Crippen LogP contribution in [0.25, 0.3) is 44.4 Å². The molecule has 0 aliphatic rings. The molecule has 2 heteroatoms. The van der Waals surface area contributed by atoms with Crippen LogP contribution >= 0.6 is 0 Å². The Bertz CT molecular complexity index is 1230. The fourth-order valence-electron chi connectivity index (χ4n) is 3.58. The third-order valence-corrected chi connectivity index (χ3v) is 5.00. The molecule has 0 N–H and O–H groups in total. The molecule has 1 aromatic heterocycles. The summed E-state index contributed by atoms with van der Waals surface area (Å²) in [6.45, 7) is 0. The van der Waals surface area contributed by atoms with Crippen LogP contribution in [0.1, 0.15) is 0 Å². The van der Waals surface area contributed by atoms with E-state index in [4.69, 9.17) is 0 Å². The van der Waals surface area contributed by atoms with Crippen molar-refractivity contribution in [1.29, 1.82) is 0 Å². The van der Waals surface area contributed by atoms with Crippen LogP contribution in [-0.2, 0) is 0 Å². The second-order valence-corrected chi connectivity index (χ2v) is 6.75. The predicted molar refractivity (Wildman–Crippen MR) is 116 cm³/mol. The summed E-state index contributed by atoms with van der Waals surface area (Å²) in [6, 6.07) is 37.5. The fraction of sp³-hybridized carbons (Fsp3) is 0. The summed E-state index contributed by atoms with van der Waals surface area (Å²) >= 11 is 0. The van der Waals surface area contributed by atoms with Crippen molar-refractivity contribution in [3.63, 3.8) is 0 Å². The number of hydrogen-bond acceptors (Lipinski definition) is 2. The smallest absolute Gasteiger partial charge is 0.101 e. The van der Waals surface area contributed by atoms with E-state index in [9.17, 15) is 0 Å². The van der Waals surface area contributed by atoms with Crippen molar-refractivity contribution in [1.82, 2.24) is 10.2 Å². The molecule has 0 saturated heterocycles. The summed E-state index contributed by atoms with van der Waals surface area (Å²) in [4.78, 5) is 0. The summed E-state index contributed by atoms with van der Waals surface area (Å²) in [6.07, 6.45) is 0. The molecular weight excluding hydrogens is 340 g/mol. The van der Waals surface area contributed by atoms with Gasteiger partial charge in [0.1, 0.15) is 11.4 Å². The lowest BCUT2D eigenvalue weighted by atomic mass is 9.98. The van der Waals surface area contributed by atoms with Crippen molar-refractivity contribution in [3.8, 4) is 33.6 Å². The lowest BCUT2D eigenvalue weighted by molar-refractivity contribution is 1.06. The number of hydrogen-bond donors (Lipinski definition) is 0. The van der Waals surface area contributed by atoms with Gasteiger partial charge in [0.15, 0.2) is 0 Å². The van der Waals surface area contributed by atoms with Crippen LogP contribution in [0.15, 0.2) is 109 Å². The Morgan fingerprint density at radius 3 is 1.21 bits per heavy atom. The average molecular weight is 358 g/mol. The molecule has 0 spiro atoms. The largest absolute Gasteiger partial charge is 0.149 e. The van der Waals surface area contributed by atoms with Crippen molar-refractivity contribution in [2.45, 2.75) is 0 Å². The normalized spacial score (nSPS) is 10.9. The summed E-state index contributed by atoms with van der Waals surface area (Å²) in [5, 5.41) is 11.4. The molecule has 132 valence electrons. The molecule has 0 unspecified atom stereocenters. The highest BCUT2D eigenvalue weighted by molar-refractivity contribution is 6.01. The molecule has 1 heterocycles. The second-order valence-electron chi connectivity index (χ2n) is 6.75. The zero-order valence-electron chi connectivity index (χ0n) is 15.3. The van der Waals surface area contributed by atoms with Gasteiger partial charge in [-0.05, 0) is 11.1 Å². The first-order valence-corrected chi connectivity index (χ1v) is 9.37. The van der Waals surface area contributed by atoms with E-state index >= 15 is 0 Å². The molecule has 5 rings (SSSR count). The van der Waals surface area contributed by atoms with Crippen LogP contribution in [0.5, 0.6) is 0 Å². The van der Waals surface area contributed by atoms with Gasteiger partial charge < -0.3 is 0 Å². The van der Waals surface area contributed by atoms with Gasteiger partial charge in [-0.25, -0.2) is 0 Å². The number of aromatic nitrogens is 2. The number of fused-ring (bicyclic) bond motifs is 1. The zero-order valence-corrected chi connectivity index (χ0v) is 15.3. The molecule has 4 aromatic carbocycles. The highest BCUT2D eigenvalue weighted by atomic mass is 15.1. The third kappa shape index (κ3) is 2.95. The highest BCUT2D eigenvalue weighted by Gasteiger charge is 2.12. The third-order valence-electron chi connectivity index (χ3n) is 5.00. The van der Waals surface area contributed by atoms with E-state index < -0.39 is 0 Å².